The van der Waals surface area contributed by atoms with Gasteiger partial charge in [-0.1, -0.05) is 53.7 Å². The second kappa shape index (κ2) is 9.67. The number of rotatable bonds is 6. The van der Waals surface area contributed by atoms with E-state index in [1.54, 1.807) is 18.6 Å². The van der Waals surface area contributed by atoms with Crippen LogP contribution in [0.5, 0.6) is 5.75 Å². The van der Waals surface area contributed by atoms with Crippen molar-refractivity contribution in [2.45, 2.75) is 52.4 Å². The third-order valence-corrected chi connectivity index (χ3v) is 9.13. The summed E-state index contributed by atoms with van der Waals surface area (Å²) in [4.78, 5) is 24.8. The second-order valence-electron chi connectivity index (χ2n) is 12.1. The Morgan fingerprint density at radius 2 is 1.45 bits per heavy atom. The maximum Gasteiger partial charge on any atom is 0.228 e. The molecule has 0 amide bonds. The monoisotopic (exact) mass is 533 g/mol. The van der Waals surface area contributed by atoms with E-state index in [2.05, 4.69) is 80.8 Å². The minimum Gasteiger partial charge on any atom is -0.476 e. The fraction of sp³-hybridized carbons (Fsp3) is 0.375. The maximum absolute atomic E-state index is 9.31. The molecule has 0 spiro atoms. The van der Waals surface area contributed by atoms with Crippen LogP contribution in [-0.2, 0) is 10.8 Å². The van der Waals surface area contributed by atoms with Gasteiger partial charge in [0.05, 0.1) is 0 Å². The molecule has 3 heterocycles. The highest BCUT2D eigenvalue weighted by molar-refractivity contribution is 5.73. The molecule has 0 atom stereocenters. The van der Waals surface area contributed by atoms with E-state index in [0.717, 1.165) is 11.1 Å². The number of fused-ring (bicyclic) bond motifs is 1. The molecule has 0 bridgehead atoms. The molecule has 0 unspecified atom stereocenters. The quantitative estimate of drug-likeness (QED) is 0.288. The summed E-state index contributed by atoms with van der Waals surface area (Å²) in [6.45, 7) is 13.9. The maximum atomic E-state index is 9.31. The first-order chi connectivity index (χ1) is 18.9. The number of nitrogens with zero attached hydrogens (tertiary/aromatic N) is 7. The van der Waals surface area contributed by atoms with E-state index >= 15 is 0 Å². The molecule has 0 saturated heterocycles. The fourth-order valence-electron chi connectivity index (χ4n) is 5.54. The second-order valence-corrected chi connectivity index (χ2v) is 12.1. The Kier molecular flexibility index (Phi) is 6.57. The molecule has 0 radical (unpaired) electrons. The van der Waals surface area contributed by atoms with Gasteiger partial charge in [-0.25, -0.2) is 4.98 Å². The Morgan fingerprint density at radius 3 is 2.10 bits per heavy atom. The first-order valence-electron chi connectivity index (χ1n) is 13.4. The molecule has 1 aromatic carbocycles. The molecule has 5 rings (SSSR count). The normalized spacial score (nSPS) is 16.2. The molecule has 8 heteroatoms. The van der Waals surface area contributed by atoms with Crippen molar-refractivity contribution >= 4 is 5.95 Å². The van der Waals surface area contributed by atoms with E-state index in [1.165, 1.54) is 11.1 Å². The van der Waals surface area contributed by atoms with Gasteiger partial charge in [0, 0.05) is 49.4 Å². The van der Waals surface area contributed by atoms with Crippen LogP contribution >= 0.6 is 0 Å². The lowest BCUT2D eigenvalue weighted by molar-refractivity contribution is 0.125. The number of aromatic nitrogens is 5. The molecule has 0 aliphatic heterocycles. The molecule has 1 aliphatic carbocycles. The molecule has 1 aliphatic rings. The van der Waals surface area contributed by atoms with Gasteiger partial charge in [0.25, 0.3) is 0 Å². The summed E-state index contributed by atoms with van der Waals surface area (Å²) in [7, 11) is 3.77. The summed E-state index contributed by atoms with van der Waals surface area (Å²) in [5.41, 5.74) is 5.80. The Morgan fingerprint density at radius 1 is 0.800 bits per heavy atom. The lowest BCUT2D eigenvalue weighted by Crippen LogP contribution is -2.42. The summed E-state index contributed by atoms with van der Waals surface area (Å²) in [5, 5.41) is 9.31. The number of hydrogen-bond acceptors (Lipinski definition) is 8. The Bertz CT molecular complexity index is 1620. The van der Waals surface area contributed by atoms with Crippen LogP contribution in [0.2, 0.25) is 0 Å². The van der Waals surface area contributed by atoms with Crippen molar-refractivity contribution in [3.05, 3.63) is 66.1 Å². The minimum absolute atomic E-state index is 0.0111. The van der Waals surface area contributed by atoms with Crippen molar-refractivity contribution in [2.75, 3.05) is 25.6 Å². The van der Waals surface area contributed by atoms with Crippen LogP contribution in [0.4, 0.5) is 5.95 Å². The summed E-state index contributed by atoms with van der Waals surface area (Å²) < 4.78 is 5.94. The average molecular weight is 534 g/mol. The summed E-state index contributed by atoms with van der Waals surface area (Å²) in [5.74, 6) is 2.02. The van der Waals surface area contributed by atoms with E-state index < -0.39 is 0 Å². The topological polar surface area (TPSA) is 101 Å². The van der Waals surface area contributed by atoms with Gasteiger partial charge in [0.2, 0.25) is 5.95 Å². The zero-order valence-electron chi connectivity index (χ0n) is 24.4. The van der Waals surface area contributed by atoms with E-state index in [9.17, 15) is 5.26 Å². The summed E-state index contributed by atoms with van der Waals surface area (Å²) in [6, 6.07) is 14.2. The molecule has 204 valence electrons. The highest BCUT2D eigenvalue weighted by atomic mass is 16.5. The molecule has 8 nitrogen and oxygen atoms in total. The van der Waals surface area contributed by atoms with Gasteiger partial charge in [-0.05, 0) is 51.6 Å². The number of nitriles is 1. The molecule has 3 aromatic heterocycles. The average Bonchev–Trinajstić information content (AvgIpc) is 3.05. The van der Waals surface area contributed by atoms with Gasteiger partial charge in [-0.15, -0.1) is 0 Å². The molecule has 40 heavy (non-hydrogen) atoms. The number of pyridine rings is 2. The lowest BCUT2D eigenvalue weighted by Gasteiger charge is -2.44. The molecule has 0 saturated carbocycles. The SMILES string of the molecule is CN(C)c1nc(-c2ccncc2)nc(-c2cnc(-c3ccc4c(c3)C(C)(C)C(C)(C)C4(C)C)c(OCC#N)c2)n1. The van der Waals surface area contributed by atoms with Gasteiger partial charge in [-0.2, -0.15) is 15.2 Å². The van der Waals surface area contributed by atoms with Gasteiger partial charge in [-0.3, -0.25) is 9.97 Å². The standard InChI is InChI=1S/C32H35N7O/c1-30(2)23-10-9-21(17-24(23)31(3,4)32(30,5)6)26-25(40-16-13-33)18-22(19-35-26)28-36-27(20-11-14-34-15-12-20)37-29(38-28)39(7)8/h9-12,14-15,17-19H,16H2,1-8H3. The molecular weight excluding hydrogens is 498 g/mol. The van der Waals surface area contributed by atoms with Crippen LogP contribution in [0.25, 0.3) is 34.0 Å². The van der Waals surface area contributed by atoms with Crippen molar-refractivity contribution in [2.24, 2.45) is 5.41 Å². The Balaban J connectivity index is 1.64. The number of hydrogen-bond donors (Lipinski definition) is 0. The third-order valence-electron chi connectivity index (χ3n) is 9.13. The Labute approximate surface area is 236 Å². The van der Waals surface area contributed by atoms with Crippen LogP contribution in [0.1, 0.15) is 52.7 Å². The van der Waals surface area contributed by atoms with Gasteiger partial charge in [0.15, 0.2) is 18.3 Å². The lowest BCUT2D eigenvalue weighted by atomic mass is 9.59. The van der Waals surface area contributed by atoms with Gasteiger partial charge in [0.1, 0.15) is 17.5 Å². The largest absolute Gasteiger partial charge is 0.476 e. The Hall–Kier alpha value is -4.38. The summed E-state index contributed by atoms with van der Waals surface area (Å²) in [6.07, 6.45) is 5.17. The molecule has 0 fully saturated rings. The van der Waals surface area contributed by atoms with E-state index in [1.807, 2.05) is 37.2 Å². The highest BCUT2D eigenvalue weighted by Gasteiger charge is 2.56. The fourth-order valence-corrected chi connectivity index (χ4v) is 5.54. The van der Waals surface area contributed by atoms with E-state index in [0.29, 0.717) is 34.6 Å². The predicted molar refractivity (Wildman–Crippen MR) is 157 cm³/mol. The minimum atomic E-state index is -0.100. The number of anilines is 1. The van der Waals surface area contributed by atoms with Crippen molar-refractivity contribution in [3.63, 3.8) is 0 Å². The van der Waals surface area contributed by atoms with Gasteiger partial charge < -0.3 is 9.64 Å². The van der Waals surface area contributed by atoms with Crippen LogP contribution in [0, 0.1) is 16.7 Å². The molecule has 0 N–H and O–H groups in total. The zero-order chi connectivity index (χ0) is 28.9. The van der Waals surface area contributed by atoms with Gasteiger partial charge >= 0.3 is 0 Å². The molecular formula is C32H35N7O. The van der Waals surface area contributed by atoms with Crippen molar-refractivity contribution in [3.8, 4) is 45.9 Å². The number of ether oxygens (including phenoxy) is 1. The molecule has 4 aromatic rings. The van der Waals surface area contributed by atoms with Crippen LogP contribution in [0.15, 0.2) is 55.0 Å². The number of benzene rings is 1. The van der Waals surface area contributed by atoms with Crippen molar-refractivity contribution < 1.29 is 4.74 Å². The van der Waals surface area contributed by atoms with Crippen LogP contribution in [-0.4, -0.2) is 45.6 Å². The smallest absolute Gasteiger partial charge is 0.228 e. The van der Waals surface area contributed by atoms with E-state index in [4.69, 9.17) is 14.7 Å². The first kappa shape index (κ1) is 27.2. The zero-order valence-corrected chi connectivity index (χ0v) is 24.4. The third kappa shape index (κ3) is 4.26. The van der Waals surface area contributed by atoms with Crippen molar-refractivity contribution in [1.82, 2.24) is 24.9 Å². The van der Waals surface area contributed by atoms with E-state index in [-0.39, 0.29) is 22.9 Å². The van der Waals surface area contributed by atoms with Crippen molar-refractivity contribution in [1.29, 1.82) is 5.26 Å². The van der Waals surface area contributed by atoms with Crippen LogP contribution in [0.3, 0.4) is 0 Å². The highest BCUT2D eigenvalue weighted by Crippen LogP contribution is 2.61. The summed E-state index contributed by atoms with van der Waals surface area (Å²) >= 11 is 0. The first-order valence-corrected chi connectivity index (χ1v) is 13.4. The van der Waals surface area contributed by atoms with Crippen LogP contribution < -0.4 is 9.64 Å². The predicted octanol–water partition coefficient (Wildman–Crippen LogP) is 6.23.